The highest BCUT2D eigenvalue weighted by Crippen LogP contribution is 2.29. The second kappa shape index (κ2) is 9.23. The van der Waals surface area contributed by atoms with Crippen molar-refractivity contribution in [3.8, 4) is 5.75 Å². The highest BCUT2D eigenvalue weighted by atomic mass is 35.5. The highest BCUT2D eigenvalue weighted by molar-refractivity contribution is 7.89. The molecule has 3 rings (SSSR count). The van der Waals surface area contributed by atoms with E-state index in [9.17, 15) is 18.0 Å². The zero-order valence-electron chi connectivity index (χ0n) is 16.8. The van der Waals surface area contributed by atoms with Crippen molar-refractivity contribution in [2.45, 2.75) is 17.9 Å². The van der Waals surface area contributed by atoms with Crippen LogP contribution in [-0.2, 0) is 19.6 Å². The van der Waals surface area contributed by atoms with Crippen LogP contribution in [0.2, 0.25) is 5.02 Å². The van der Waals surface area contributed by atoms with E-state index < -0.39 is 27.9 Å². The smallest absolute Gasteiger partial charge is 0.348 e. The Labute approximate surface area is 188 Å². The van der Waals surface area contributed by atoms with Gasteiger partial charge in [-0.2, -0.15) is 4.72 Å². The predicted molar refractivity (Wildman–Crippen MR) is 120 cm³/mol. The number of carbonyl (C=O) groups excluding carboxylic acids is 2. The molecule has 3 aromatic rings. The SMILES string of the molecule is COC(=O)c1cc2cc(NC(=O)[C@@H](C)NS(=O)(=O)c3ccc(OC)c(Cl)c3)ccc2s1. The molecule has 8 nitrogen and oxygen atoms in total. The summed E-state index contributed by atoms with van der Waals surface area (Å²) in [7, 11) is -1.26. The van der Waals surface area contributed by atoms with Gasteiger partial charge in [-0.05, 0) is 54.8 Å². The summed E-state index contributed by atoms with van der Waals surface area (Å²) in [6.07, 6.45) is 0. The maximum atomic E-state index is 12.6. The average Bonchev–Trinajstić information content (AvgIpc) is 3.16. The molecule has 0 saturated heterocycles. The Balaban J connectivity index is 1.72. The lowest BCUT2D eigenvalue weighted by atomic mass is 10.2. The van der Waals surface area contributed by atoms with Crippen LogP contribution < -0.4 is 14.8 Å². The van der Waals surface area contributed by atoms with Crippen molar-refractivity contribution in [2.75, 3.05) is 19.5 Å². The fourth-order valence-corrected chi connectivity index (χ4v) is 5.25. The molecule has 0 aliphatic rings. The molecule has 0 spiro atoms. The lowest BCUT2D eigenvalue weighted by Crippen LogP contribution is -2.41. The van der Waals surface area contributed by atoms with Crippen molar-refractivity contribution >= 4 is 60.6 Å². The van der Waals surface area contributed by atoms with Gasteiger partial charge in [-0.1, -0.05) is 11.6 Å². The molecule has 2 N–H and O–H groups in total. The topological polar surface area (TPSA) is 111 Å². The Hall–Kier alpha value is -2.66. The van der Waals surface area contributed by atoms with Crippen LogP contribution in [0.4, 0.5) is 5.69 Å². The molecule has 0 aliphatic heterocycles. The summed E-state index contributed by atoms with van der Waals surface area (Å²) in [5.41, 5.74) is 0.463. The van der Waals surface area contributed by atoms with Crippen LogP contribution in [0.15, 0.2) is 47.4 Å². The van der Waals surface area contributed by atoms with E-state index in [0.29, 0.717) is 16.3 Å². The summed E-state index contributed by atoms with van der Waals surface area (Å²) in [4.78, 5) is 24.6. The number of fused-ring (bicyclic) bond motifs is 1. The molecule has 31 heavy (non-hydrogen) atoms. The number of anilines is 1. The van der Waals surface area contributed by atoms with Crippen molar-refractivity contribution in [1.82, 2.24) is 4.72 Å². The fraction of sp³-hybridized carbons (Fsp3) is 0.200. The fourth-order valence-electron chi connectivity index (χ4n) is 2.74. The number of rotatable bonds is 7. The van der Waals surface area contributed by atoms with Crippen molar-refractivity contribution in [1.29, 1.82) is 0 Å². The third-order valence-corrected chi connectivity index (χ3v) is 7.26. The lowest BCUT2D eigenvalue weighted by molar-refractivity contribution is -0.117. The molecule has 1 atom stereocenters. The van der Waals surface area contributed by atoms with Crippen LogP contribution in [0.3, 0.4) is 0 Å². The van der Waals surface area contributed by atoms with Gasteiger partial charge in [0.1, 0.15) is 10.6 Å². The zero-order chi connectivity index (χ0) is 22.8. The second-order valence-electron chi connectivity index (χ2n) is 6.48. The van der Waals surface area contributed by atoms with Crippen LogP contribution in [-0.4, -0.2) is 40.6 Å². The first kappa shape index (κ1) is 23.0. The van der Waals surface area contributed by atoms with Crippen molar-refractivity contribution in [3.05, 3.63) is 52.4 Å². The minimum atomic E-state index is -3.99. The van der Waals surface area contributed by atoms with E-state index in [1.807, 2.05) is 0 Å². The molecule has 11 heteroatoms. The molecule has 0 radical (unpaired) electrons. The van der Waals surface area contributed by atoms with Crippen molar-refractivity contribution in [2.24, 2.45) is 0 Å². The van der Waals surface area contributed by atoms with E-state index in [-0.39, 0.29) is 9.92 Å². The molecular formula is C20H19ClN2O6S2. The van der Waals surface area contributed by atoms with Crippen LogP contribution in [0.5, 0.6) is 5.75 Å². The quantitative estimate of drug-likeness (QED) is 0.497. The minimum Gasteiger partial charge on any atom is -0.495 e. The maximum Gasteiger partial charge on any atom is 0.348 e. The second-order valence-corrected chi connectivity index (χ2v) is 9.69. The van der Waals surface area contributed by atoms with Gasteiger partial charge in [-0.15, -0.1) is 11.3 Å². The summed E-state index contributed by atoms with van der Waals surface area (Å²) >= 11 is 7.27. The molecule has 1 aromatic heterocycles. The van der Waals surface area contributed by atoms with E-state index in [1.54, 1.807) is 24.3 Å². The molecule has 0 bridgehead atoms. The Bertz CT molecular complexity index is 1260. The van der Waals surface area contributed by atoms with Gasteiger partial charge >= 0.3 is 5.97 Å². The molecule has 0 aliphatic carbocycles. The summed E-state index contributed by atoms with van der Waals surface area (Å²) in [5.74, 6) is -0.648. The number of hydrogen-bond acceptors (Lipinski definition) is 7. The Morgan fingerprint density at radius 3 is 2.48 bits per heavy atom. The zero-order valence-corrected chi connectivity index (χ0v) is 19.2. The van der Waals surface area contributed by atoms with Crippen LogP contribution >= 0.6 is 22.9 Å². The number of nitrogens with one attached hydrogen (secondary N) is 2. The monoisotopic (exact) mass is 482 g/mol. The third kappa shape index (κ3) is 5.16. The number of methoxy groups -OCH3 is 2. The van der Waals surface area contributed by atoms with E-state index in [1.165, 1.54) is 50.7 Å². The molecule has 2 aromatic carbocycles. The number of ether oxygens (including phenoxy) is 2. The summed E-state index contributed by atoms with van der Waals surface area (Å²) in [6.45, 7) is 1.43. The van der Waals surface area contributed by atoms with Crippen LogP contribution in [0.1, 0.15) is 16.6 Å². The largest absolute Gasteiger partial charge is 0.495 e. The Morgan fingerprint density at radius 1 is 1.10 bits per heavy atom. The number of esters is 1. The first-order valence-electron chi connectivity index (χ1n) is 8.93. The van der Waals surface area contributed by atoms with Gasteiger partial charge in [0.15, 0.2) is 0 Å². The first-order valence-corrected chi connectivity index (χ1v) is 11.6. The van der Waals surface area contributed by atoms with E-state index >= 15 is 0 Å². The van der Waals surface area contributed by atoms with Gasteiger partial charge in [0.2, 0.25) is 15.9 Å². The van der Waals surface area contributed by atoms with Crippen molar-refractivity contribution in [3.63, 3.8) is 0 Å². The molecule has 164 valence electrons. The van der Waals surface area contributed by atoms with Crippen LogP contribution in [0, 0.1) is 0 Å². The van der Waals surface area contributed by atoms with Gasteiger partial charge in [-0.3, -0.25) is 4.79 Å². The lowest BCUT2D eigenvalue weighted by Gasteiger charge is -2.15. The maximum absolute atomic E-state index is 12.6. The number of sulfonamides is 1. The van der Waals surface area contributed by atoms with Gasteiger partial charge < -0.3 is 14.8 Å². The van der Waals surface area contributed by atoms with Crippen LogP contribution in [0.25, 0.3) is 10.1 Å². The molecule has 0 unspecified atom stereocenters. The third-order valence-electron chi connectivity index (χ3n) is 4.33. The number of benzene rings is 2. The Morgan fingerprint density at radius 2 is 1.84 bits per heavy atom. The Kier molecular flexibility index (Phi) is 6.85. The van der Waals surface area contributed by atoms with E-state index in [4.69, 9.17) is 21.1 Å². The molecule has 1 amide bonds. The molecule has 0 saturated carbocycles. The normalized spacial score (nSPS) is 12.4. The molecule has 1 heterocycles. The van der Waals surface area contributed by atoms with Crippen molar-refractivity contribution < 1.29 is 27.5 Å². The number of amides is 1. The summed E-state index contributed by atoms with van der Waals surface area (Å²) in [5, 5.41) is 3.56. The van der Waals surface area contributed by atoms with Gasteiger partial charge in [0, 0.05) is 10.4 Å². The van der Waals surface area contributed by atoms with Gasteiger partial charge in [0.25, 0.3) is 0 Å². The summed E-state index contributed by atoms with van der Waals surface area (Å²) < 4.78 is 38.1. The minimum absolute atomic E-state index is 0.0898. The summed E-state index contributed by atoms with van der Waals surface area (Å²) in [6, 6.07) is 9.74. The number of thiophene rings is 1. The average molecular weight is 483 g/mol. The number of halogens is 1. The predicted octanol–water partition coefficient (Wildman–Crippen LogP) is 3.66. The van der Waals surface area contributed by atoms with Gasteiger partial charge in [-0.25, -0.2) is 13.2 Å². The standard InChI is InChI=1S/C20H19ClN2O6S2/c1-11(23-31(26,27)14-5-6-16(28-2)15(21)10-14)19(24)22-13-4-7-17-12(8-13)9-18(30-17)20(25)29-3/h4-11,23H,1-3H3,(H,22,24)/t11-/m1/s1. The highest BCUT2D eigenvalue weighted by Gasteiger charge is 2.23. The number of carbonyl (C=O) groups is 2. The van der Waals surface area contributed by atoms with E-state index in [0.717, 1.165) is 10.1 Å². The number of hydrogen-bond donors (Lipinski definition) is 2. The first-order chi connectivity index (χ1) is 14.6. The molecule has 0 fully saturated rings. The van der Waals surface area contributed by atoms with E-state index in [2.05, 4.69) is 10.0 Å². The van der Waals surface area contributed by atoms with Gasteiger partial charge in [0.05, 0.1) is 30.2 Å². The molecular weight excluding hydrogens is 464 g/mol.